The molecule has 24 heavy (non-hydrogen) atoms. The summed E-state index contributed by atoms with van der Waals surface area (Å²) in [5.41, 5.74) is 3.06. The van der Waals surface area contributed by atoms with Gasteiger partial charge in [0.05, 0.1) is 12.8 Å². The van der Waals surface area contributed by atoms with Crippen molar-refractivity contribution in [1.29, 1.82) is 0 Å². The number of carbonyl (C=O) groups excluding carboxylic acids is 2. The molecule has 0 radical (unpaired) electrons. The molecule has 1 fully saturated rings. The second kappa shape index (κ2) is 6.51. The summed E-state index contributed by atoms with van der Waals surface area (Å²) in [7, 11) is 1.71. The molecule has 0 N–H and O–H groups in total. The minimum absolute atomic E-state index is 0.111. The van der Waals surface area contributed by atoms with Gasteiger partial charge in [-0.2, -0.15) is 0 Å². The summed E-state index contributed by atoms with van der Waals surface area (Å²) in [6.45, 7) is 4.94. The van der Waals surface area contributed by atoms with E-state index in [1.807, 2.05) is 38.1 Å². The van der Waals surface area contributed by atoms with Gasteiger partial charge in [-0.25, -0.2) is 0 Å². The first-order valence-corrected chi connectivity index (χ1v) is 8.13. The van der Waals surface area contributed by atoms with Crippen LogP contribution < -0.4 is 4.90 Å². The van der Waals surface area contributed by atoms with E-state index in [1.54, 1.807) is 29.2 Å². The molecule has 5 heteroatoms. The summed E-state index contributed by atoms with van der Waals surface area (Å²) in [5, 5.41) is 0. The van der Waals surface area contributed by atoms with Crippen LogP contribution in [0.2, 0.25) is 0 Å². The van der Waals surface area contributed by atoms with Crippen LogP contribution in [0.1, 0.15) is 23.3 Å². The topological polar surface area (TPSA) is 53.8 Å². The van der Waals surface area contributed by atoms with Crippen molar-refractivity contribution in [2.24, 2.45) is 5.92 Å². The first-order valence-electron chi connectivity index (χ1n) is 8.13. The zero-order chi connectivity index (χ0) is 17.3. The van der Waals surface area contributed by atoms with Crippen LogP contribution in [0.5, 0.6) is 0 Å². The maximum Gasteiger partial charge on any atom is 0.239 e. The van der Waals surface area contributed by atoms with Crippen LogP contribution in [0.3, 0.4) is 0 Å². The second-order valence-corrected chi connectivity index (χ2v) is 6.39. The lowest BCUT2D eigenvalue weighted by molar-refractivity contribution is -0.139. The SMILES string of the molecule is Cc1ccc(C)c(N2CCC(C(=O)N(C)Cc3ccco3)C2=O)c1. The zero-order valence-electron chi connectivity index (χ0n) is 14.3. The fraction of sp³-hybridized carbons (Fsp3) is 0.368. The maximum atomic E-state index is 12.8. The Bertz CT molecular complexity index is 752. The van der Waals surface area contributed by atoms with Gasteiger partial charge < -0.3 is 14.2 Å². The average Bonchev–Trinajstić information content (AvgIpc) is 3.19. The molecule has 1 aromatic carbocycles. The van der Waals surface area contributed by atoms with Gasteiger partial charge in [-0.05, 0) is 49.6 Å². The third-order valence-electron chi connectivity index (χ3n) is 4.51. The quantitative estimate of drug-likeness (QED) is 0.812. The van der Waals surface area contributed by atoms with E-state index in [1.165, 1.54) is 0 Å². The van der Waals surface area contributed by atoms with Gasteiger partial charge in [0.15, 0.2) is 0 Å². The molecule has 0 aliphatic carbocycles. The standard InChI is InChI=1S/C19H22N2O3/c1-13-6-7-14(2)17(11-13)21-9-8-16(19(21)23)18(22)20(3)12-15-5-4-10-24-15/h4-7,10-11,16H,8-9,12H2,1-3H3. The van der Waals surface area contributed by atoms with Gasteiger partial charge >= 0.3 is 0 Å². The summed E-state index contributed by atoms with van der Waals surface area (Å²) >= 11 is 0. The summed E-state index contributed by atoms with van der Waals surface area (Å²) < 4.78 is 5.27. The smallest absolute Gasteiger partial charge is 0.239 e. The van der Waals surface area contributed by atoms with Crippen LogP contribution in [0.4, 0.5) is 5.69 Å². The fourth-order valence-electron chi connectivity index (χ4n) is 3.14. The fourth-order valence-corrected chi connectivity index (χ4v) is 3.14. The van der Waals surface area contributed by atoms with E-state index in [4.69, 9.17) is 4.42 Å². The third kappa shape index (κ3) is 3.07. The molecule has 1 atom stereocenters. The number of benzene rings is 1. The van der Waals surface area contributed by atoms with Crippen LogP contribution in [0, 0.1) is 19.8 Å². The molecular weight excluding hydrogens is 304 g/mol. The molecule has 2 aromatic rings. The van der Waals surface area contributed by atoms with Gasteiger partial charge in [-0.1, -0.05) is 12.1 Å². The monoisotopic (exact) mass is 326 g/mol. The molecule has 126 valence electrons. The molecule has 5 nitrogen and oxygen atoms in total. The number of furan rings is 1. The highest BCUT2D eigenvalue weighted by Crippen LogP contribution is 2.29. The van der Waals surface area contributed by atoms with Crippen LogP contribution >= 0.6 is 0 Å². The van der Waals surface area contributed by atoms with E-state index >= 15 is 0 Å². The number of rotatable bonds is 4. The van der Waals surface area contributed by atoms with Crippen LogP contribution in [-0.2, 0) is 16.1 Å². The molecule has 1 aromatic heterocycles. The van der Waals surface area contributed by atoms with Crippen molar-refractivity contribution < 1.29 is 14.0 Å². The Morgan fingerprint density at radius 3 is 2.83 bits per heavy atom. The predicted octanol–water partition coefficient (Wildman–Crippen LogP) is 2.91. The minimum atomic E-state index is -0.607. The summed E-state index contributed by atoms with van der Waals surface area (Å²) in [6, 6.07) is 9.65. The Kier molecular flexibility index (Phi) is 4.42. The number of aryl methyl sites for hydroxylation is 2. The molecule has 0 bridgehead atoms. The number of hydrogen-bond acceptors (Lipinski definition) is 3. The number of amides is 2. The van der Waals surface area contributed by atoms with Gasteiger partial charge in [-0.3, -0.25) is 9.59 Å². The van der Waals surface area contributed by atoms with Crippen molar-refractivity contribution in [1.82, 2.24) is 4.90 Å². The third-order valence-corrected chi connectivity index (χ3v) is 4.51. The van der Waals surface area contributed by atoms with Crippen LogP contribution in [0.15, 0.2) is 41.0 Å². The highest BCUT2D eigenvalue weighted by atomic mass is 16.3. The number of anilines is 1. The Labute approximate surface area is 141 Å². The van der Waals surface area contributed by atoms with Gasteiger partial charge in [0.2, 0.25) is 11.8 Å². The van der Waals surface area contributed by atoms with E-state index in [9.17, 15) is 9.59 Å². The molecule has 1 aliphatic rings. The van der Waals surface area contributed by atoms with Crippen LogP contribution in [0.25, 0.3) is 0 Å². The maximum absolute atomic E-state index is 12.8. The van der Waals surface area contributed by atoms with Gasteiger partial charge in [-0.15, -0.1) is 0 Å². The van der Waals surface area contributed by atoms with Crippen molar-refractivity contribution in [3.63, 3.8) is 0 Å². The summed E-state index contributed by atoms with van der Waals surface area (Å²) in [6.07, 6.45) is 2.13. The Morgan fingerprint density at radius 2 is 2.12 bits per heavy atom. The highest BCUT2D eigenvalue weighted by molar-refractivity contribution is 6.09. The lowest BCUT2D eigenvalue weighted by atomic mass is 10.1. The van der Waals surface area contributed by atoms with Crippen molar-refractivity contribution in [2.45, 2.75) is 26.8 Å². The van der Waals surface area contributed by atoms with E-state index in [2.05, 4.69) is 0 Å². The predicted molar refractivity (Wildman–Crippen MR) is 91.6 cm³/mol. The molecule has 1 aliphatic heterocycles. The molecule has 0 saturated carbocycles. The van der Waals surface area contributed by atoms with Crippen LogP contribution in [-0.4, -0.2) is 30.3 Å². The Morgan fingerprint density at radius 1 is 1.33 bits per heavy atom. The normalized spacial score (nSPS) is 17.4. The first-order chi connectivity index (χ1) is 11.5. The molecule has 0 spiro atoms. The molecule has 1 saturated heterocycles. The molecule has 1 unspecified atom stereocenters. The van der Waals surface area contributed by atoms with Gasteiger partial charge in [0, 0.05) is 19.3 Å². The first kappa shape index (κ1) is 16.3. The zero-order valence-corrected chi connectivity index (χ0v) is 14.3. The molecular formula is C19H22N2O3. The summed E-state index contributed by atoms with van der Waals surface area (Å²) in [4.78, 5) is 28.7. The van der Waals surface area contributed by atoms with Gasteiger partial charge in [0.1, 0.15) is 11.7 Å². The van der Waals surface area contributed by atoms with Gasteiger partial charge in [0.25, 0.3) is 0 Å². The second-order valence-electron chi connectivity index (χ2n) is 6.39. The minimum Gasteiger partial charge on any atom is -0.467 e. The average molecular weight is 326 g/mol. The lowest BCUT2D eigenvalue weighted by Crippen LogP contribution is -2.37. The molecule has 2 amide bonds. The van der Waals surface area contributed by atoms with E-state index in [-0.39, 0.29) is 11.8 Å². The largest absolute Gasteiger partial charge is 0.467 e. The highest BCUT2D eigenvalue weighted by Gasteiger charge is 2.39. The lowest BCUT2D eigenvalue weighted by Gasteiger charge is -2.22. The van der Waals surface area contributed by atoms with Crippen molar-refractivity contribution in [2.75, 3.05) is 18.5 Å². The Balaban J connectivity index is 1.73. The summed E-state index contributed by atoms with van der Waals surface area (Å²) in [5.74, 6) is -0.156. The van der Waals surface area contributed by atoms with E-state index < -0.39 is 5.92 Å². The number of carbonyl (C=O) groups is 2. The number of hydrogen-bond donors (Lipinski definition) is 0. The van der Waals surface area contributed by atoms with Crippen molar-refractivity contribution >= 4 is 17.5 Å². The molecule has 2 heterocycles. The van der Waals surface area contributed by atoms with Crippen molar-refractivity contribution in [3.05, 3.63) is 53.5 Å². The molecule has 3 rings (SSSR count). The Hall–Kier alpha value is -2.56. The number of nitrogens with zero attached hydrogens (tertiary/aromatic N) is 2. The van der Waals surface area contributed by atoms with E-state index in [0.717, 1.165) is 16.8 Å². The van der Waals surface area contributed by atoms with E-state index in [0.29, 0.717) is 25.3 Å². The van der Waals surface area contributed by atoms with Crippen molar-refractivity contribution in [3.8, 4) is 0 Å².